The van der Waals surface area contributed by atoms with E-state index in [0.717, 1.165) is 32.1 Å². The molecule has 1 fully saturated rings. The number of sulfone groups is 1. The van der Waals surface area contributed by atoms with Gasteiger partial charge in [-0.3, -0.25) is 0 Å². The lowest BCUT2D eigenvalue weighted by atomic mass is 9.73. The molecule has 2 aromatic rings. The molecule has 2 aliphatic carbocycles. The predicted molar refractivity (Wildman–Crippen MR) is 95.1 cm³/mol. The largest absolute Gasteiger partial charge is 0.339 e. The van der Waals surface area contributed by atoms with Gasteiger partial charge in [0.2, 0.25) is 5.89 Å². The summed E-state index contributed by atoms with van der Waals surface area (Å²) in [5.41, 5.74) is 2.45. The van der Waals surface area contributed by atoms with Crippen molar-refractivity contribution in [1.82, 2.24) is 10.1 Å². The summed E-state index contributed by atoms with van der Waals surface area (Å²) < 4.78 is 29.6. The molecule has 5 nitrogen and oxygen atoms in total. The summed E-state index contributed by atoms with van der Waals surface area (Å²) in [5.74, 6) is 0.939. The van der Waals surface area contributed by atoms with Gasteiger partial charge in [-0.05, 0) is 43.2 Å². The molecule has 0 saturated heterocycles. The Morgan fingerprint density at radius 2 is 1.76 bits per heavy atom. The van der Waals surface area contributed by atoms with E-state index in [1.807, 2.05) is 0 Å². The molecule has 1 saturated carbocycles. The molecule has 2 aliphatic rings. The van der Waals surface area contributed by atoms with E-state index in [2.05, 4.69) is 41.3 Å². The minimum atomic E-state index is -3.29. The molecule has 0 spiro atoms. The lowest BCUT2D eigenvalue weighted by Crippen LogP contribution is -2.34. The molecule has 1 unspecified atom stereocenters. The van der Waals surface area contributed by atoms with Gasteiger partial charge in [0.05, 0.1) is 5.41 Å². The number of aryl methyl sites for hydroxylation is 1. The Morgan fingerprint density at radius 1 is 1.08 bits per heavy atom. The molecule has 1 heterocycles. The molecular weight excluding hydrogens is 336 g/mol. The third-order valence-corrected chi connectivity index (χ3v) is 8.13. The van der Waals surface area contributed by atoms with E-state index in [4.69, 9.17) is 4.52 Å². The molecule has 0 bridgehead atoms. The first-order valence-electron chi connectivity index (χ1n) is 8.95. The van der Waals surface area contributed by atoms with Crippen LogP contribution < -0.4 is 0 Å². The zero-order valence-electron chi connectivity index (χ0n) is 14.8. The lowest BCUT2D eigenvalue weighted by Gasteiger charge is -2.31. The molecule has 134 valence electrons. The quantitative estimate of drug-likeness (QED) is 0.839. The summed E-state index contributed by atoms with van der Waals surface area (Å²) in [5, 5.41) is 4.15. The molecule has 6 heteroatoms. The van der Waals surface area contributed by atoms with Crippen LogP contribution in [-0.4, -0.2) is 24.8 Å². The Kier molecular flexibility index (Phi) is 3.79. The zero-order chi connectivity index (χ0) is 17.7. The smallest absolute Gasteiger partial charge is 0.232 e. The van der Waals surface area contributed by atoms with Gasteiger partial charge in [-0.1, -0.05) is 49.2 Å². The number of aromatic nitrogens is 2. The number of benzene rings is 1. The van der Waals surface area contributed by atoms with Gasteiger partial charge in [0.1, 0.15) is 4.75 Å². The number of hydrogen-bond acceptors (Lipinski definition) is 5. The van der Waals surface area contributed by atoms with Crippen LogP contribution >= 0.6 is 0 Å². The van der Waals surface area contributed by atoms with E-state index in [-0.39, 0.29) is 5.41 Å². The van der Waals surface area contributed by atoms with E-state index in [1.165, 1.54) is 17.4 Å². The van der Waals surface area contributed by atoms with Crippen LogP contribution in [0.25, 0.3) is 0 Å². The van der Waals surface area contributed by atoms with Crippen LogP contribution in [-0.2, 0) is 32.8 Å². The standard InChI is InChI=1S/C19H24N2O3S/c1-18(12-9-14-7-3-4-8-15(14)13-18)17-20-16(21-24-17)19(25(2,22)23)10-5-6-11-19/h3-4,7-8H,5-6,9-13H2,1-2H3. The predicted octanol–water partition coefficient (Wildman–Crippen LogP) is 3.33. The third-order valence-electron chi connectivity index (χ3n) is 6.12. The zero-order valence-corrected chi connectivity index (χ0v) is 15.6. The fraction of sp³-hybridized carbons (Fsp3) is 0.579. The number of fused-ring (bicyclic) bond motifs is 1. The highest BCUT2D eigenvalue weighted by molar-refractivity contribution is 7.91. The SMILES string of the molecule is CC1(c2nc(C3(S(C)(=O)=O)CCCC3)no2)CCc2ccccc2C1. The fourth-order valence-electron chi connectivity index (χ4n) is 4.44. The van der Waals surface area contributed by atoms with Crippen molar-refractivity contribution in [2.24, 2.45) is 0 Å². The summed E-state index contributed by atoms with van der Waals surface area (Å²) in [7, 11) is -3.29. The van der Waals surface area contributed by atoms with Crippen LogP contribution in [0.5, 0.6) is 0 Å². The lowest BCUT2D eigenvalue weighted by molar-refractivity contribution is 0.268. The summed E-state index contributed by atoms with van der Waals surface area (Å²) in [6, 6.07) is 8.45. The molecule has 0 radical (unpaired) electrons. The first kappa shape index (κ1) is 16.8. The molecule has 0 amide bonds. The average molecular weight is 360 g/mol. The maximum absolute atomic E-state index is 12.5. The van der Waals surface area contributed by atoms with Crippen LogP contribution in [0, 0.1) is 0 Å². The Bertz CT molecular complexity index is 897. The van der Waals surface area contributed by atoms with Crippen molar-refractivity contribution < 1.29 is 12.9 Å². The molecule has 25 heavy (non-hydrogen) atoms. The van der Waals surface area contributed by atoms with Crippen LogP contribution in [0.15, 0.2) is 28.8 Å². The topological polar surface area (TPSA) is 73.1 Å². The Hall–Kier alpha value is -1.69. The van der Waals surface area contributed by atoms with Crippen molar-refractivity contribution in [3.8, 4) is 0 Å². The van der Waals surface area contributed by atoms with Gasteiger partial charge >= 0.3 is 0 Å². The highest BCUT2D eigenvalue weighted by Crippen LogP contribution is 2.45. The van der Waals surface area contributed by atoms with Crippen LogP contribution in [0.1, 0.15) is 61.9 Å². The van der Waals surface area contributed by atoms with Crippen LogP contribution in [0.2, 0.25) is 0 Å². The number of rotatable bonds is 3. The molecular formula is C19H24N2O3S. The minimum Gasteiger partial charge on any atom is -0.339 e. The molecule has 0 N–H and O–H groups in total. The van der Waals surface area contributed by atoms with Gasteiger partial charge in [-0.15, -0.1) is 0 Å². The summed E-state index contributed by atoms with van der Waals surface area (Å²) in [6.45, 7) is 2.14. The van der Waals surface area contributed by atoms with Gasteiger partial charge in [-0.25, -0.2) is 8.42 Å². The van der Waals surface area contributed by atoms with Gasteiger partial charge in [-0.2, -0.15) is 4.98 Å². The summed E-state index contributed by atoms with van der Waals surface area (Å²) >= 11 is 0. The second kappa shape index (κ2) is 5.66. The van der Waals surface area contributed by atoms with Gasteiger partial charge < -0.3 is 4.52 Å². The Labute approximate surface area is 148 Å². The first-order chi connectivity index (χ1) is 11.8. The van der Waals surface area contributed by atoms with E-state index in [9.17, 15) is 8.42 Å². The van der Waals surface area contributed by atoms with Crippen molar-refractivity contribution in [3.05, 3.63) is 47.1 Å². The van der Waals surface area contributed by atoms with Gasteiger partial charge in [0, 0.05) is 6.26 Å². The maximum atomic E-state index is 12.5. The van der Waals surface area contributed by atoms with Crippen molar-refractivity contribution in [2.75, 3.05) is 6.26 Å². The second-order valence-corrected chi connectivity index (χ2v) is 10.2. The molecule has 1 atom stereocenters. The van der Waals surface area contributed by atoms with Crippen molar-refractivity contribution >= 4 is 9.84 Å². The maximum Gasteiger partial charge on any atom is 0.232 e. The van der Waals surface area contributed by atoms with Crippen LogP contribution in [0.4, 0.5) is 0 Å². The van der Waals surface area contributed by atoms with Crippen molar-refractivity contribution in [3.63, 3.8) is 0 Å². The molecule has 1 aromatic carbocycles. The Morgan fingerprint density at radius 3 is 2.44 bits per heavy atom. The highest BCUT2D eigenvalue weighted by Gasteiger charge is 2.49. The molecule has 0 aliphatic heterocycles. The fourth-order valence-corrected chi connectivity index (χ4v) is 5.88. The first-order valence-corrected chi connectivity index (χ1v) is 10.8. The number of hydrogen-bond donors (Lipinski definition) is 0. The minimum absolute atomic E-state index is 0.239. The van der Waals surface area contributed by atoms with Crippen LogP contribution in [0.3, 0.4) is 0 Å². The monoisotopic (exact) mass is 360 g/mol. The normalized spacial score (nSPS) is 25.7. The molecule has 4 rings (SSSR count). The third kappa shape index (κ3) is 2.62. The van der Waals surface area contributed by atoms with Gasteiger partial charge in [0.15, 0.2) is 15.7 Å². The number of nitrogens with zero attached hydrogens (tertiary/aromatic N) is 2. The van der Waals surface area contributed by atoms with E-state index in [0.29, 0.717) is 24.6 Å². The Balaban J connectivity index is 1.70. The summed E-state index contributed by atoms with van der Waals surface area (Å²) in [4.78, 5) is 4.64. The van der Waals surface area contributed by atoms with Crippen molar-refractivity contribution in [1.29, 1.82) is 0 Å². The average Bonchev–Trinajstić information content (AvgIpc) is 3.24. The highest BCUT2D eigenvalue weighted by atomic mass is 32.2. The molecule has 1 aromatic heterocycles. The van der Waals surface area contributed by atoms with E-state index >= 15 is 0 Å². The van der Waals surface area contributed by atoms with Gasteiger partial charge in [0.25, 0.3) is 0 Å². The van der Waals surface area contributed by atoms with E-state index < -0.39 is 14.6 Å². The van der Waals surface area contributed by atoms with Crippen molar-refractivity contribution in [2.45, 2.75) is 62.0 Å². The van der Waals surface area contributed by atoms with E-state index in [1.54, 1.807) is 0 Å². The summed E-state index contributed by atoms with van der Waals surface area (Å²) in [6.07, 6.45) is 7.00. The second-order valence-electron chi connectivity index (χ2n) is 7.90.